The van der Waals surface area contributed by atoms with Gasteiger partial charge in [-0.2, -0.15) is 0 Å². The summed E-state index contributed by atoms with van der Waals surface area (Å²) < 4.78 is 18.7. The Morgan fingerprint density at radius 2 is 1.95 bits per heavy atom. The third kappa shape index (κ3) is 2.07. The highest BCUT2D eigenvalue weighted by Crippen LogP contribution is 2.38. The third-order valence-corrected chi connectivity index (χ3v) is 3.20. The van der Waals surface area contributed by atoms with Crippen LogP contribution in [-0.2, 0) is 4.79 Å². The molecule has 0 aliphatic carbocycles. The molecule has 3 rings (SSSR count). The van der Waals surface area contributed by atoms with Gasteiger partial charge in [-0.05, 0) is 36.8 Å². The number of anilines is 2. The van der Waals surface area contributed by atoms with Gasteiger partial charge in [0.15, 0.2) is 0 Å². The van der Waals surface area contributed by atoms with Crippen molar-refractivity contribution in [2.24, 2.45) is 0 Å². The average molecular weight is 272 g/mol. The number of nitrogens with two attached hydrogens (primary N) is 1. The number of carbonyl (C=O) groups is 1. The average Bonchev–Trinajstić information content (AvgIpc) is 2.39. The molecule has 1 aliphatic heterocycles. The van der Waals surface area contributed by atoms with Gasteiger partial charge in [0.1, 0.15) is 11.6 Å². The number of amides is 1. The van der Waals surface area contributed by atoms with E-state index in [1.807, 2.05) is 6.92 Å². The normalized spacial score (nSPS) is 17.1. The van der Waals surface area contributed by atoms with Gasteiger partial charge >= 0.3 is 0 Å². The van der Waals surface area contributed by atoms with Gasteiger partial charge in [0.25, 0.3) is 5.91 Å². The van der Waals surface area contributed by atoms with E-state index in [4.69, 9.17) is 10.5 Å². The van der Waals surface area contributed by atoms with Gasteiger partial charge in [-0.1, -0.05) is 12.1 Å². The van der Waals surface area contributed by atoms with E-state index in [2.05, 4.69) is 5.32 Å². The molecule has 0 saturated heterocycles. The summed E-state index contributed by atoms with van der Waals surface area (Å²) in [5.41, 5.74) is 8.31. The number of nitrogens with one attached hydrogen (secondary N) is 1. The second kappa shape index (κ2) is 4.52. The molecule has 0 aromatic heterocycles. The lowest BCUT2D eigenvalue weighted by Crippen LogP contribution is -2.30. The van der Waals surface area contributed by atoms with Crippen molar-refractivity contribution in [3.8, 4) is 5.75 Å². The summed E-state index contributed by atoms with van der Waals surface area (Å²) in [5.74, 6) is -0.0587. The number of aryl methyl sites for hydroxylation is 1. The van der Waals surface area contributed by atoms with E-state index in [9.17, 15) is 9.18 Å². The summed E-state index contributed by atoms with van der Waals surface area (Å²) in [6.45, 7) is 1.86. The molecule has 0 saturated carbocycles. The summed E-state index contributed by atoms with van der Waals surface area (Å²) >= 11 is 0. The van der Waals surface area contributed by atoms with Gasteiger partial charge in [0.05, 0.1) is 5.69 Å². The first-order chi connectivity index (χ1) is 9.54. The summed E-state index contributed by atoms with van der Waals surface area (Å²) in [7, 11) is 0. The van der Waals surface area contributed by atoms with E-state index in [-0.39, 0.29) is 11.7 Å². The molecule has 2 aromatic carbocycles. The maximum absolute atomic E-state index is 12.9. The zero-order chi connectivity index (χ0) is 14.3. The Labute approximate surface area is 115 Å². The molecular weight excluding hydrogens is 259 g/mol. The van der Waals surface area contributed by atoms with Crippen LogP contribution in [-0.4, -0.2) is 5.91 Å². The smallest absolute Gasteiger partial charge is 0.270 e. The maximum Gasteiger partial charge on any atom is 0.270 e. The van der Waals surface area contributed by atoms with Gasteiger partial charge in [-0.25, -0.2) is 4.39 Å². The molecule has 1 amide bonds. The van der Waals surface area contributed by atoms with Crippen molar-refractivity contribution in [1.29, 1.82) is 0 Å². The quantitative estimate of drug-likeness (QED) is 0.784. The van der Waals surface area contributed by atoms with Crippen molar-refractivity contribution in [2.45, 2.75) is 13.0 Å². The molecule has 5 heteroatoms. The van der Waals surface area contributed by atoms with Crippen LogP contribution in [0.15, 0.2) is 36.4 Å². The lowest BCUT2D eigenvalue weighted by atomic mass is 10.1. The molecular formula is C15H13FN2O2. The Hall–Kier alpha value is -2.56. The number of hydrogen-bond acceptors (Lipinski definition) is 3. The largest absolute Gasteiger partial charge is 0.473 e. The number of hydrogen-bond donors (Lipinski definition) is 2. The summed E-state index contributed by atoms with van der Waals surface area (Å²) in [6, 6.07) is 9.11. The number of nitrogen functional groups attached to an aromatic ring is 1. The highest BCUT2D eigenvalue weighted by molar-refractivity contribution is 5.99. The highest BCUT2D eigenvalue weighted by Gasteiger charge is 2.30. The van der Waals surface area contributed by atoms with Crippen LogP contribution in [0.5, 0.6) is 5.75 Å². The fourth-order valence-electron chi connectivity index (χ4n) is 2.28. The van der Waals surface area contributed by atoms with E-state index >= 15 is 0 Å². The van der Waals surface area contributed by atoms with E-state index < -0.39 is 6.10 Å². The number of benzene rings is 2. The Bertz CT molecular complexity index is 683. The fraction of sp³-hybridized carbons (Fsp3) is 0.133. The summed E-state index contributed by atoms with van der Waals surface area (Å²) in [6.07, 6.45) is -0.787. The van der Waals surface area contributed by atoms with Gasteiger partial charge in [0.2, 0.25) is 6.10 Å². The number of rotatable bonds is 1. The predicted molar refractivity (Wildman–Crippen MR) is 74.0 cm³/mol. The first kappa shape index (κ1) is 12.5. The van der Waals surface area contributed by atoms with Gasteiger partial charge in [-0.15, -0.1) is 0 Å². The lowest BCUT2D eigenvalue weighted by molar-refractivity contribution is -0.123. The van der Waals surface area contributed by atoms with Crippen molar-refractivity contribution in [3.05, 3.63) is 53.3 Å². The van der Waals surface area contributed by atoms with E-state index in [1.54, 1.807) is 12.1 Å². The molecule has 102 valence electrons. The van der Waals surface area contributed by atoms with Crippen LogP contribution in [0.4, 0.5) is 15.8 Å². The number of ether oxygens (including phenoxy) is 1. The van der Waals surface area contributed by atoms with Crippen LogP contribution < -0.4 is 15.8 Å². The van der Waals surface area contributed by atoms with Crippen molar-refractivity contribution >= 4 is 17.3 Å². The zero-order valence-corrected chi connectivity index (χ0v) is 10.8. The molecule has 1 aliphatic rings. The van der Waals surface area contributed by atoms with E-state index in [0.717, 1.165) is 5.56 Å². The molecule has 1 heterocycles. The van der Waals surface area contributed by atoms with Gasteiger partial charge in [-0.3, -0.25) is 4.79 Å². The van der Waals surface area contributed by atoms with Crippen LogP contribution in [0.3, 0.4) is 0 Å². The minimum atomic E-state index is -0.787. The Balaban J connectivity index is 2.00. The third-order valence-electron chi connectivity index (χ3n) is 3.20. The van der Waals surface area contributed by atoms with Crippen LogP contribution in [0, 0.1) is 12.7 Å². The standard InChI is InChI=1S/C15H13FN2O2/c1-8-6-11(17)7-12-13(8)20-14(15(19)18-12)9-2-4-10(16)5-3-9/h2-7,14H,17H2,1H3,(H,18,19). The van der Waals surface area contributed by atoms with Crippen molar-refractivity contribution in [1.82, 2.24) is 0 Å². The second-order valence-electron chi connectivity index (χ2n) is 4.75. The SMILES string of the molecule is Cc1cc(N)cc2c1OC(c1ccc(F)cc1)C(=O)N2. The topological polar surface area (TPSA) is 64.3 Å². The van der Waals surface area contributed by atoms with Crippen molar-refractivity contribution in [2.75, 3.05) is 11.1 Å². The first-order valence-corrected chi connectivity index (χ1v) is 6.18. The zero-order valence-electron chi connectivity index (χ0n) is 10.8. The van der Waals surface area contributed by atoms with Gasteiger partial charge < -0.3 is 15.8 Å². The minimum absolute atomic E-state index is 0.297. The van der Waals surface area contributed by atoms with Crippen molar-refractivity contribution in [3.63, 3.8) is 0 Å². The van der Waals surface area contributed by atoms with E-state index in [1.165, 1.54) is 24.3 Å². The fourth-order valence-corrected chi connectivity index (χ4v) is 2.28. The highest BCUT2D eigenvalue weighted by atomic mass is 19.1. The molecule has 3 N–H and O–H groups in total. The molecule has 2 aromatic rings. The molecule has 20 heavy (non-hydrogen) atoms. The lowest BCUT2D eigenvalue weighted by Gasteiger charge is -2.27. The first-order valence-electron chi connectivity index (χ1n) is 6.18. The molecule has 0 spiro atoms. The van der Waals surface area contributed by atoms with E-state index in [0.29, 0.717) is 22.7 Å². The van der Waals surface area contributed by atoms with Crippen LogP contribution in [0.25, 0.3) is 0 Å². The second-order valence-corrected chi connectivity index (χ2v) is 4.75. The van der Waals surface area contributed by atoms with Crippen LogP contribution in [0.1, 0.15) is 17.2 Å². The molecule has 0 bridgehead atoms. The Morgan fingerprint density at radius 1 is 1.25 bits per heavy atom. The van der Waals surface area contributed by atoms with Gasteiger partial charge in [0, 0.05) is 11.3 Å². The predicted octanol–water partition coefficient (Wildman–Crippen LogP) is 2.79. The summed E-state index contributed by atoms with van der Waals surface area (Å²) in [5, 5.41) is 2.77. The number of halogens is 1. The monoisotopic (exact) mass is 272 g/mol. The van der Waals surface area contributed by atoms with Crippen LogP contribution in [0.2, 0.25) is 0 Å². The molecule has 0 fully saturated rings. The number of fused-ring (bicyclic) bond motifs is 1. The molecule has 1 atom stereocenters. The van der Waals surface area contributed by atoms with Crippen molar-refractivity contribution < 1.29 is 13.9 Å². The number of carbonyl (C=O) groups excluding carboxylic acids is 1. The Morgan fingerprint density at radius 3 is 2.65 bits per heavy atom. The Kier molecular flexibility index (Phi) is 2.82. The maximum atomic E-state index is 12.9. The molecule has 0 radical (unpaired) electrons. The van der Waals surface area contributed by atoms with Crippen LogP contribution >= 0.6 is 0 Å². The molecule has 4 nitrogen and oxygen atoms in total. The minimum Gasteiger partial charge on any atom is -0.473 e. The summed E-state index contributed by atoms with van der Waals surface area (Å²) in [4.78, 5) is 12.1. The molecule has 1 unspecified atom stereocenters.